The lowest BCUT2D eigenvalue weighted by molar-refractivity contribution is -0.130. The summed E-state index contributed by atoms with van der Waals surface area (Å²) < 4.78 is 0. The first-order valence-electron chi connectivity index (χ1n) is 6.52. The maximum absolute atomic E-state index is 11.6. The van der Waals surface area contributed by atoms with E-state index in [1.54, 1.807) is 24.3 Å². The standard InChI is InChI=1S/C17H17NO2/c1-2-12-8-6-7-11-14(12)16(18)15(17(19)20)13-9-4-3-5-10-13/h3-11H,2,18H2,1H3,(H,19,20). The van der Waals surface area contributed by atoms with Crippen LogP contribution in [-0.4, -0.2) is 11.1 Å². The molecular weight excluding hydrogens is 250 g/mol. The lowest BCUT2D eigenvalue weighted by Crippen LogP contribution is -2.10. The van der Waals surface area contributed by atoms with E-state index in [0.717, 1.165) is 17.5 Å². The minimum absolute atomic E-state index is 0.145. The van der Waals surface area contributed by atoms with Gasteiger partial charge in [-0.15, -0.1) is 0 Å². The maximum atomic E-state index is 11.6. The maximum Gasteiger partial charge on any atom is 0.338 e. The molecule has 2 rings (SSSR count). The molecule has 0 unspecified atom stereocenters. The Kier molecular flexibility index (Phi) is 4.20. The van der Waals surface area contributed by atoms with Crippen molar-refractivity contribution >= 4 is 17.2 Å². The van der Waals surface area contributed by atoms with Gasteiger partial charge in [0.2, 0.25) is 0 Å². The number of nitrogens with two attached hydrogens (primary N) is 1. The minimum Gasteiger partial charge on any atom is -0.478 e. The van der Waals surface area contributed by atoms with Gasteiger partial charge in [0.15, 0.2) is 0 Å². The Hall–Kier alpha value is -2.55. The normalized spacial score (nSPS) is 11.8. The number of hydrogen-bond acceptors (Lipinski definition) is 2. The SMILES string of the molecule is CCc1ccccc1C(N)=C(C(=O)O)c1ccccc1. The first-order chi connectivity index (χ1) is 9.65. The molecule has 0 spiro atoms. The summed E-state index contributed by atoms with van der Waals surface area (Å²) in [6.07, 6.45) is 0.804. The van der Waals surface area contributed by atoms with Crippen molar-refractivity contribution in [1.29, 1.82) is 0 Å². The zero-order valence-electron chi connectivity index (χ0n) is 11.3. The van der Waals surface area contributed by atoms with Crippen LogP contribution < -0.4 is 5.73 Å². The zero-order chi connectivity index (χ0) is 14.5. The van der Waals surface area contributed by atoms with Crippen LogP contribution in [0.25, 0.3) is 11.3 Å². The molecule has 0 bridgehead atoms. The van der Waals surface area contributed by atoms with Crippen LogP contribution in [0, 0.1) is 0 Å². The molecule has 0 saturated carbocycles. The summed E-state index contributed by atoms with van der Waals surface area (Å²) >= 11 is 0. The van der Waals surface area contributed by atoms with Gasteiger partial charge in [-0.2, -0.15) is 0 Å². The molecule has 102 valence electrons. The van der Waals surface area contributed by atoms with Crippen LogP contribution in [0.4, 0.5) is 0 Å². The first kappa shape index (κ1) is 13.9. The zero-order valence-corrected chi connectivity index (χ0v) is 11.3. The Morgan fingerprint density at radius 1 is 1.05 bits per heavy atom. The van der Waals surface area contributed by atoms with Crippen molar-refractivity contribution in [2.24, 2.45) is 5.73 Å². The van der Waals surface area contributed by atoms with Crippen molar-refractivity contribution in [1.82, 2.24) is 0 Å². The molecular formula is C17H17NO2. The van der Waals surface area contributed by atoms with Gasteiger partial charge in [-0.3, -0.25) is 0 Å². The Labute approximate surface area is 118 Å². The van der Waals surface area contributed by atoms with Gasteiger partial charge in [0.25, 0.3) is 0 Å². The molecule has 2 aromatic rings. The van der Waals surface area contributed by atoms with Crippen LogP contribution in [-0.2, 0) is 11.2 Å². The molecule has 3 nitrogen and oxygen atoms in total. The topological polar surface area (TPSA) is 63.3 Å². The highest BCUT2D eigenvalue weighted by molar-refractivity contribution is 6.23. The van der Waals surface area contributed by atoms with Gasteiger partial charge in [-0.25, -0.2) is 4.79 Å². The number of benzene rings is 2. The minimum atomic E-state index is -1.01. The average molecular weight is 267 g/mol. The van der Waals surface area contributed by atoms with Gasteiger partial charge in [-0.05, 0) is 17.5 Å². The Morgan fingerprint density at radius 2 is 1.65 bits per heavy atom. The van der Waals surface area contributed by atoms with Crippen molar-refractivity contribution in [2.45, 2.75) is 13.3 Å². The van der Waals surface area contributed by atoms with E-state index >= 15 is 0 Å². The fourth-order valence-electron chi connectivity index (χ4n) is 2.23. The molecule has 0 aliphatic heterocycles. The second-order valence-electron chi connectivity index (χ2n) is 4.47. The summed E-state index contributed by atoms with van der Waals surface area (Å²) in [4.78, 5) is 11.6. The summed E-state index contributed by atoms with van der Waals surface area (Å²) in [6.45, 7) is 2.02. The van der Waals surface area contributed by atoms with Crippen molar-refractivity contribution in [3.8, 4) is 0 Å². The molecule has 0 aliphatic rings. The number of aryl methyl sites for hydroxylation is 1. The van der Waals surface area contributed by atoms with E-state index in [1.165, 1.54) is 0 Å². The number of carboxylic acid groups (broad SMARTS) is 1. The van der Waals surface area contributed by atoms with E-state index in [9.17, 15) is 9.90 Å². The first-order valence-corrected chi connectivity index (χ1v) is 6.52. The van der Waals surface area contributed by atoms with E-state index in [4.69, 9.17) is 5.73 Å². The summed E-state index contributed by atoms with van der Waals surface area (Å²) in [5, 5.41) is 9.48. The number of aliphatic carboxylic acids is 1. The van der Waals surface area contributed by atoms with Crippen LogP contribution in [0.1, 0.15) is 23.6 Å². The highest BCUT2D eigenvalue weighted by Gasteiger charge is 2.17. The molecule has 3 heteroatoms. The average Bonchev–Trinajstić information content (AvgIpc) is 2.48. The molecule has 3 N–H and O–H groups in total. The van der Waals surface area contributed by atoms with Gasteiger partial charge >= 0.3 is 5.97 Å². The molecule has 0 heterocycles. The highest BCUT2D eigenvalue weighted by atomic mass is 16.4. The third-order valence-electron chi connectivity index (χ3n) is 3.23. The second kappa shape index (κ2) is 6.06. The van der Waals surface area contributed by atoms with Crippen LogP contribution in [0.5, 0.6) is 0 Å². The molecule has 20 heavy (non-hydrogen) atoms. The number of rotatable bonds is 4. The monoisotopic (exact) mass is 267 g/mol. The highest BCUT2D eigenvalue weighted by Crippen LogP contribution is 2.25. The molecule has 0 fully saturated rings. The number of carbonyl (C=O) groups is 1. The molecule has 0 aliphatic carbocycles. The van der Waals surface area contributed by atoms with Gasteiger partial charge in [0.1, 0.15) is 0 Å². The number of carboxylic acids is 1. The Balaban J connectivity index is 2.65. The molecule has 0 aromatic heterocycles. The summed E-state index contributed by atoms with van der Waals surface area (Å²) in [5.41, 5.74) is 9.04. The van der Waals surface area contributed by atoms with Gasteiger partial charge in [-0.1, -0.05) is 61.5 Å². The van der Waals surface area contributed by atoms with Crippen LogP contribution in [0.2, 0.25) is 0 Å². The van der Waals surface area contributed by atoms with E-state index < -0.39 is 5.97 Å². The van der Waals surface area contributed by atoms with Crippen molar-refractivity contribution < 1.29 is 9.90 Å². The third kappa shape index (κ3) is 2.72. The van der Waals surface area contributed by atoms with E-state index in [1.807, 2.05) is 37.3 Å². The lowest BCUT2D eigenvalue weighted by Gasteiger charge is -2.12. The van der Waals surface area contributed by atoms with Crippen LogP contribution in [0.3, 0.4) is 0 Å². The second-order valence-corrected chi connectivity index (χ2v) is 4.47. The predicted molar refractivity (Wildman–Crippen MR) is 80.9 cm³/mol. The summed E-state index contributed by atoms with van der Waals surface area (Å²) in [6, 6.07) is 16.6. The smallest absolute Gasteiger partial charge is 0.338 e. The lowest BCUT2D eigenvalue weighted by atomic mass is 9.96. The quantitative estimate of drug-likeness (QED) is 0.660. The van der Waals surface area contributed by atoms with Crippen molar-refractivity contribution in [2.75, 3.05) is 0 Å². The molecule has 2 aromatic carbocycles. The summed E-state index contributed by atoms with van der Waals surface area (Å²) in [7, 11) is 0. The molecule has 0 radical (unpaired) electrons. The van der Waals surface area contributed by atoms with E-state index in [0.29, 0.717) is 11.3 Å². The predicted octanol–water partition coefficient (Wildman–Crippen LogP) is 3.16. The molecule has 0 amide bonds. The Bertz CT molecular complexity index is 645. The fourth-order valence-corrected chi connectivity index (χ4v) is 2.23. The largest absolute Gasteiger partial charge is 0.478 e. The van der Waals surface area contributed by atoms with Gasteiger partial charge in [0.05, 0.1) is 11.3 Å². The van der Waals surface area contributed by atoms with E-state index in [2.05, 4.69) is 0 Å². The van der Waals surface area contributed by atoms with Crippen molar-refractivity contribution in [3.05, 3.63) is 71.3 Å². The Morgan fingerprint density at radius 3 is 2.25 bits per heavy atom. The number of hydrogen-bond donors (Lipinski definition) is 2. The van der Waals surface area contributed by atoms with E-state index in [-0.39, 0.29) is 5.57 Å². The fraction of sp³-hybridized carbons (Fsp3) is 0.118. The molecule has 0 atom stereocenters. The summed E-state index contributed by atoms with van der Waals surface area (Å²) in [5.74, 6) is -1.01. The van der Waals surface area contributed by atoms with Crippen LogP contribution >= 0.6 is 0 Å². The third-order valence-corrected chi connectivity index (χ3v) is 3.23. The van der Waals surface area contributed by atoms with Crippen molar-refractivity contribution in [3.63, 3.8) is 0 Å². The van der Waals surface area contributed by atoms with Gasteiger partial charge in [0, 0.05) is 5.56 Å². The molecule has 0 saturated heterocycles. The van der Waals surface area contributed by atoms with Gasteiger partial charge < -0.3 is 10.8 Å². The van der Waals surface area contributed by atoms with Crippen LogP contribution in [0.15, 0.2) is 54.6 Å².